The minimum absolute atomic E-state index is 0.0587. The minimum Gasteiger partial charge on any atom is -0.462 e. The molecule has 0 aliphatic rings. The molecule has 0 aliphatic heterocycles. The first kappa shape index (κ1) is 58.8. The highest BCUT2D eigenvalue weighted by atomic mass is 16.5. The SMILES string of the molecule is CC/C=C/C/C=C/C/C=C/CCCCCCC(=O)OC(CCCCC/C=C/CCCCCCCCCCC)CC(=O)NC(CO)C(O)CCCCCCCCCCCCCC. The fourth-order valence-corrected chi connectivity index (χ4v) is 7.91. The fourth-order valence-electron chi connectivity index (χ4n) is 7.91. The summed E-state index contributed by atoms with van der Waals surface area (Å²) in [6, 6.07) is -0.710. The van der Waals surface area contributed by atoms with E-state index in [2.05, 4.69) is 74.7 Å². The lowest BCUT2D eigenvalue weighted by Gasteiger charge is -2.24. The number of hydrogen-bond donors (Lipinski definition) is 3. The predicted octanol–water partition coefficient (Wildman–Crippen LogP) is 15.8. The molecule has 0 heterocycles. The second-order valence-corrected chi connectivity index (χ2v) is 17.9. The Hall–Kier alpha value is -2.18. The van der Waals surface area contributed by atoms with E-state index < -0.39 is 18.2 Å². The number of aliphatic hydroxyl groups excluding tert-OH is 2. The smallest absolute Gasteiger partial charge is 0.306 e. The summed E-state index contributed by atoms with van der Waals surface area (Å²) in [5.74, 6) is -0.509. The molecule has 1 amide bonds. The average molecular weight is 856 g/mol. The summed E-state index contributed by atoms with van der Waals surface area (Å²) >= 11 is 0. The van der Waals surface area contributed by atoms with Crippen molar-refractivity contribution in [2.45, 2.75) is 283 Å². The summed E-state index contributed by atoms with van der Waals surface area (Å²) in [5.41, 5.74) is 0. The van der Waals surface area contributed by atoms with Gasteiger partial charge in [-0.15, -0.1) is 0 Å². The average Bonchev–Trinajstić information content (AvgIpc) is 3.25. The van der Waals surface area contributed by atoms with E-state index in [-0.39, 0.29) is 24.9 Å². The minimum atomic E-state index is -0.795. The van der Waals surface area contributed by atoms with Crippen LogP contribution in [-0.4, -0.2) is 46.9 Å². The van der Waals surface area contributed by atoms with Gasteiger partial charge < -0.3 is 20.3 Å². The normalized spacial score (nSPS) is 13.6. The van der Waals surface area contributed by atoms with Gasteiger partial charge in [-0.05, 0) is 83.5 Å². The third-order valence-corrected chi connectivity index (χ3v) is 11.9. The molecular formula is C55H101NO5. The fraction of sp³-hybridized carbons (Fsp3) is 0.818. The van der Waals surface area contributed by atoms with Gasteiger partial charge in [-0.3, -0.25) is 9.59 Å². The number of amides is 1. The number of rotatable bonds is 47. The second-order valence-electron chi connectivity index (χ2n) is 17.9. The van der Waals surface area contributed by atoms with Crippen LogP contribution in [0, 0.1) is 0 Å². The van der Waals surface area contributed by atoms with Crippen LogP contribution < -0.4 is 5.32 Å². The molecule has 356 valence electrons. The second kappa shape index (κ2) is 48.8. The molecule has 0 aromatic heterocycles. The van der Waals surface area contributed by atoms with Gasteiger partial charge in [-0.2, -0.15) is 0 Å². The third-order valence-electron chi connectivity index (χ3n) is 11.9. The van der Waals surface area contributed by atoms with Crippen LogP contribution in [0.1, 0.15) is 265 Å². The maximum atomic E-state index is 13.2. The summed E-state index contributed by atoms with van der Waals surface area (Å²) in [4.78, 5) is 26.1. The number of aliphatic hydroxyl groups is 2. The van der Waals surface area contributed by atoms with Gasteiger partial charge in [-0.1, -0.05) is 217 Å². The highest BCUT2D eigenvalue weighted by Gasteiger charge is 2.24. The molecule has 0 radical (unpaired) electrons. The van der Waals surface area contributed by atoms with Crippen LogP contribution in [0.4, 0.5) is 0 Å². The molecule has 3 atom stereocenters. The van der Waals surface area contributed by atoms with Gasteiger partial charge in [0.05, 0.1) is 25.2 Å². The molecule has 0 rings (SSSR count). The topological polar surface area (TPSA) is 95.9 Å². The zero-order chi connectivity index (χ0) is 44.5. The first-order valence-corrected chi connectivity index (χ1v) is 26.4. The summed E-state index contributed by atoms with van der Waals surface area (Å²) in [6.45, 7) is 6.37. The Morgan fingerprint density at radius 1 is 0.492 bits per heavy atom. The molecule has 0 fully saturated rings. The van der Waals surface area contributed by atoms with Crippen molar-refractivity contribution in [1.29, 1.82) is 0 Å². The Balaban J connectivity index is 4.63. The zero-order valence-electron chi connectivity index (χ0n) is 40.5. The molecule has 0 saturated heterocycles. The Morgan fingerprint density at radius 2 is 0.885 bits per heavy atom. The summed E-state index contributed by atoms with van der Waals surface area (Å²) in [7, 11) is 0. The lowest BCUT2D eigenvalue weighted by atomic mass is 10.0. The third kappa shape index (κ3) is 44.2. The number of allylic oxidation sites excluding steroid dienone is 8. The van der Waals surface area contributed by atoms with E-state index in [0.717, 1.165) is 96.3 Å². The van der Waals surface area contributed by atoms with Gasteiger partial charge in [0.2, 0.25) is 5.91 Å². The molecule has 0 aromatic rings. The van der Waals surface area contributed by atoms with Crippen molar-refractivity contribution < 1.29 is 24.5 Å². The van der Waals surface area contributed by atoms with Crippen molar-refractivity contribution in [2.24, 2.45) is 0 Å². The van der Waals surface area contributed by atoms with Crippen LogP contribution in [0.15, 0.2) is 48.6 Å². The van der Waals surface area contributed by atoms with E-state index in [1.54, 1.807) is 0 Å². The van der Waals surface area contributed by atoms with Crippen molar-refractivity contribution in [2.75, 3.05) is 6.61 Å². The molecule has 3 N–H and O–H groups in total. The van der Waals surface area contributed by atoms with Crippen LogP contribution in [0.3, 0.4) is 0 Å². The molecule has 0 saturated carbocycles. The van der Waals surface area contributed by atoms with Crippen LogP contribution in [0.5, 0.6) is 0 Å². The molecule has 0 spiro atoms. The molecule has 0 aliphatic carbocycles. The van der Waals surface area contributed by atoms with Gasteiger partial charge in [0, 0.05) is 6.42 Å². The van der Waals surface area contributed by atoms with E-state index in [1.807, 2.05) is 0 Å². The Labute approximate surface area is 378 Å². The number of unbranched alkanes of at least 4 members (excludes halogenated alkanes) is 27. The summed E-state index contributed by atoms with van der Waals surface area (Å²) in [5, 5.41) is 23.8. The molecule has 6 heteroatoms. The number of carbonyl (C=O) groups excluding carboxylic acids is 2. The lowest BCUT2D eigenvalue weighted by molar-refractivity contribution is -0.151. The highest BCUT2D eigenvalue weighted by molar-refractivity contribution is 5.77. The van der Waals surface area contributed by atoms with E-state index in [9.17, 15) is 19.8 Å². The van der Waals surface area contributed by atoms with Crippen LogP contribution in [0.2, 0.25) is 0 Å². The van der Waals surface area contributed by atoms with Crippen LogP contribution in [0.25, 0.3) is 0 Å². The van der Waals surface area contributed by atoms with Gasteiger partial charge in [0.15, 0.2) is 0 Å². The molecule has 6 nitrogen and oxygen atoms in total. The molecule has 3 unspecified atom stereocenters. The van der Waals surface area contributed by atoms with Crippen LogP contribution >= 0.6 is 0 Å². The van der Waals surface area contributed by atoms with Crippen molar-refractivity contribution in [3.63, 3.8) is 0 Å². The first-order valence-electron chi connectivity index (χ1n) is 26.4. The number of hydrogen-bond acceptors (Lipinski definition) is 5. The van der Waals surface area contributed by atoms with E-state index in [1.165, 1.54) is 122 Å². The van der Waals surface area contributed by atoms with Gasteiger partial charge in [0.1, 0.15) is 6.10 Å². The molecule has 61 heavy (non-hydrogen) atoms. The van der Waals surface area contributed by atoms with Gasteiger partial charge in [0.25, 0.3) is 0 Å². The van der Waals surface area contributed by atoms with Crippen molar-refractivity contribution >= 4 is 11.9 Å². The zero-order valence-corrected chi connectivity index (χ0v) is 40.5. The van der Waals surface area contributed by atoms with Crippen LogP contribution in [-0.2, 0) is 14.3 Å². The van der Waals surface area contributed by atoms with E-state index in [0.29, 0.717) is 19.3 Å². The summed E-state index contributed by atoms with van der Waals surface area (Å²) < 4.78 is 5.92. The van der Waals surface area contributed by atoms with E-state index >= 15 is 0 Å². The highest BCUT2D eigenvalue weighted by Crippen LogP contribution is 2.17. The molecule has 0 bridgehead atoms. The van der Waals surface area contributed by atoms with Gasteiger partial charge >= 0.3 is 5.97 Å². The quantitative estimate of drug-likeness (QED) is 0.0322. The first-order chi connectivity index (χ1) is 30.0. The lowest BCUT2D eigenvalue weighted by Crippen LogP contribution is -2.46. The maximum Gasteiger partial charge on any atom is 0.306 e. The number of carbonyl (C=O) groups is 2. The standard InChI is InChI=1S/C55H101NO5/c1-4-7-10-13-16-19-22-25-27-28-29-31-34-37-40-43-46-51(61-55(60)48-45-42-39-36-33-30-26-23-20-17-14-11-8-5-2)49-54(59)56-52(50-57)53(58)47-44-41-38-35-32-24-21-18-15-12-9-6-3/h8,11,17,20,26,29-31,51-53,57-58H,4-7,9-10,12-16,18-19,21-25,27-28,32-50H2,1-3H3,(H,56,59)/b11-8+,20-17+,30-26+,31-29+. The number of ether oxygens (including phenoxy) is 1. The Morgan fingerprint density at radius 3 is 1.38 bits per heavy atom. The molecular weight excluding hydrogens is 755 g/mol. The monoisotopic (exact) mass is 856 g/mol. The van der Waals surface area contributed by atoms with E-state index in [4.69, 9.17) is 4.74 Å². The van der Waals surface area contributed by atoms with Gasteiger partial charge in [-0.25, -0.2) is 0 Å². The van der Waals surface area contributed by atoms with Crippen molar-refractivity contribution in [3.8, 4) is 0 Å². The maximum absolute atomic E-state index is 13.2. The molecule has 0 aromatic carbocycles. The predicted molar refractivity (Wildman–Crippen MR) is 264 cm³/mol. The van der Waals surface area contributed by atoms with Crippen molar-refractivity contribution in [3.05, 3.63) is 48.6 Å². The number of esters is 1. The number of nitrogens with one attached hydrogen (secondary N) is 1. The Kier molecular flexibility index (Phi) is 47.1. The Bertz CT molecular complexity index is 1050. The largest absolute Gasteiger partial charge is 0.462 e. The van der Waals surface area contributed by atoms with Crippen molar-refractivity contribution in [1.82, 2.24) is 5.32 Å². The summed E-state index contributed by atoms with van der Waals surface area (Å²) in [6.07, 6.45) is 58.8.